The molecule has 107 heavy (non-hydrogen) atoms. The largest absolute Gasteiger partial charge is 0.469 e. The fraction of sp³-hybridized carbons (Fsp3) is 0.848. The van der Waals surface area contributed by atoms with Crippen LogP contribution in [0, 0.1) is 29.6 Å². The summed E-state index contributed by atoms with van der Waals surface area (Å²) >= 11 is 0. The van der Waals surface area contributed by atoms with Crippen LogP contribution in [-0.4, -0.2) is 230 Å². The molecule has 638 valence electrons. The van der Waals surface area contributed by atoms with E-state index in [1.54, 1.807) is 49.3 Å². The highest BCUT2D eigenvalue weighted by molar-refractivity contribution is 7.90. The van der Waals surface area contributed by atoms with Crippen LogP contribution in [0.4, 0.5) is 9.59 Å². The van der Waals surface area contributed by atoms with Crippen molar-refractivity contribution in [2.75, 3.05) is 84.6 Å². The Kier molecular flexibility index (Phi) is 81.1. The van der Waals surface area contributed by atoms with Gasteiger partial charge in [0.05, 0.1) is 12.9 Å². The van der Waals surface area contributed by atoms with E-state index >= 15 is 0 Å². The normalized spacial score (nSPS) is 10.6. The van der Waals surface area contributed by atoms with Gasteiger partial charge in [0.2, 0.25) is 29.5 Å². The summed E-state index contributed by atoms with van der Waals surface area (Å²) in [5, 5.41) is 5.30. The van der Waals surface area contributed by atoms with E-state index in [2.05, 4.69) is 34.0 Å². The van der Waals surface area contributed by atoms with Crippen LogP contribution in [0.15, 0.2) is 0 Å². The van der Waals surface area contributed by atoms with E-state index in [0.29, 0.717) is 112 Å². The first-order valence-corrected chi connectivity index (χ1v) is 40.1. The van der Waals surface area contributed by atoms with Crippen LogP contribution in [0.3, 0.4) is 0 Å². The number of ether oxygens (including phenoxy) is 4. The van der Waals surface area contributed by atoms with Gasteiger partial charge in [-0.2, -0.15) is 0 Å². The molecule has 0 unspecified atom stereocenters. The molecule has 6 N–H and O–H groups in total. The number of rotatable bonds is 31. The molecule has 0 aromatic rings. The summed E-state index contributed by atoms with van der Waals surface area (Å²) in [6.45, 7) is 70.7. The molecule has 0 spiro atoms. The van der Waals surface area contributed by atoms with Gasteiger partial charge >= 0.3 is 24.1 Å². The Bertz CT molecular complexity index is 2470. The third-order valence-corrected chi connectivity index (χ3v) is 14.2. The quantitative estimate of drug-likeness (QED) is 0.0284. The van der Waals surface area contributed by atoms with Crippen LogP contribution >= 0.6 is 0 Å². The molecule has 0 fully saturated rings. The lowest BCUT2D eigenvalue weighted by molar-refractivity contribution is -0.146. The molecule has 0 aromatic carbocycles. The summed E-state index contributed by atoms with van der Waals surface area (Å²) in [6, 6.07) is 1.21. The maximum atomic E-state index is 11.4. The van der Waals surface area contributed by atoms with Crippen molar-refractivity contribution in [1.82, 2.24) is 35.1 Å². The van der Waals surface area contributed by atoms with Crippen molar-refractivity contribution in [2.45, 2.75) is 329 Å². The van der Waals surface area contributed by atoms with Crippen molar-refractivity contribution in [2.24, 2.45) is 41.1 Å². The van der Waals surface area contributed by atoms with Gasteiger partial charge < -0.3 is 70.3 Å². The van der Waals surface area contributed by atoms with E-state index in [4.69, 9.17) is 20.9 Å². The van der Waals surface area contributed by atoms with E-state index in [9.17, 15) is 66.0 Å². The Hall–Kier alpha value is -6.29. The highest BCUT2D eigenvalue weighted by atomic mass is 32.2. The molecule has 0 aliphatic heterocycles. The zero-order valence-corrected chi connectivity index (χ0v) is 75.5. The second-order valence-corrected chi connectivity index (χ2v) is 33.3. The van der Waals surface area contributed by atoms with Crippen molar-refractivity contribution in [3.05, 3.63) is 0 Å². The Balaban J connectivity index is -0.000000124. The van der Waals surface area contributed by atoms with E-state index < -0.39 is 39.2 Å². The summed E-state index contributed by atoms with van der Waals surface area (Å²) < 4.78 is 40.0. The lowest BCUT2D eigenvalue weighted by atomic mass is 10.1. The molecule has 0 radical (unpaired) electrons. The smallest absolute Gasteiger partial charge is 0.407 e. The van der Waals surface area contributed by atoms with Crippen LogP contribution in [0.1, 0.15) is 287 Å². The maximum absolute atomic E-state index is 11.4. The number of amides is 7. The molecule has 0 rings (SSSR count). The third kappa shape index (κ3) is 104. The molecule has 0 saturated carbocycles. The van der Waals surface area contributed by atoms with Gasteiger partial charge in [-0.1, -0.05) is 76.2 Å². The topological polar surface area (TPSA) is 368 Å². The lowest BCUT2D eigenvalue weighted by Gasteiger charge is -2.26. The molecular formula is C79H163N9O18S. The second-order valence-electron chi connectivity index (χ2n) is 31.1. The number of ketones is 3. The van der Waals surface area contributed by atoms with Crippen molar-refractivity contribution < 1.29 is 84.9 Å². The molecule has 27 nitrogen and oxygen atoms in total. The number of sulfone groups is 1. The highest BCUT2D eigenvalue weighted by Gasteiger charge is 2.20. The van der Waals surface area contributed by atoms with Crippen LogP contribution in [0.2, 0.25) is 0 Å². The third-order valence-electron chi connectivity index (χ3n) is 13.0. The molecule has 0 aliphatic rings. The fourth-order valence-electron chi connectivity index (χ4n) is 8.71. The minimum absolute atomic E-state index is 0.00555. The number of hydrogen-bond acceptors (Lipinski definition) is 20. The summed E-state index contributed by atoms with van der Waals surface area (Å²) in [6.07, 6.45) is 5.16. The molecule has 28 heteroatoms. The van der Waals surface area contributed by atoms with Crippen LogP contribution in [0.5, 0.6) is 0 Å². The van der Waals surface area contributed by atoms with E-state index in [-0.39, 0.29) is 77.7 Å². The first-order valence-electron chi connectivity index (χ1n) is 38.0. The molecular weight excluding hydrogens is 1390 g/mol. The Morgan fingerprint density at radius 2 is 0.729 bits per heavy atom. The molecule has 7 amide bonds. The first-order chi connectivity index (χ1) is 48.4. The fourth-order valence-corrected chi connectivity index (χ4v) is 9.92. The lowest BCUT2D eigenvalue weighted by Crippen LogP contribution is -2.42. The maximum Gasteiger partial charge on any atom is 0.407 e. The van der Waals surface area contributed by atoms with Crippen molar-refractivity contribution in [3.8, 4) is 0 Å². The second kappa shape index (κ2) is 71.3. The molecule has 0 saturated heterocycles. The number of nitrogens with zero attached hydrogens (tertiary/aromatic N) is 5. The molecule has 0 aliphatic carbocycles. The molecule has 0 aromatic heterocycles. The van der Waals surface area contributed by atoms with Crippen molar-refractivity contribution in [1.29, 1.82) is 0 Å². The van der Waals surface area contributed by atoms with Gasteiger partial charge in [-0.05, 0) is 174 Å². The minimum Gasteiger partial charge on any atom is -0.469 e. The van der Waals surface area contributed by atoms with Gasteiger partial charge in [0.25, 0.3) is 0 Å². The van der Waals surface area contributed by atoms with Crippen LogP contribution < -0.4 is 22.1 Å². The summed E-state index contributed by atoms with van der Waals surface area (Å²) in [5.41, 5.74) is 9.67. The van der Waals surface area contributed by atoms with E-state index in [1.165, 1.54) is 27.2 Å². The summed E-state index contributed by atoms with van der Waals surface area (Å²) in [4.78, 5) is 139. The Morgan fingerprint density at radius 3 is 0.916 bits per heavy atom. The average Bonchev–Trinajstić information content (AvgIpc) is 0.940. The van der Waals surface area contributed by atoms with Crippen molar-refractivity contribution >= 4 is 80.8 Å². The van der Waals surface area contributed by atoms with Gasteiger partial charge in [0, 0.05) is 162 Å². The molecule has 0 atom stereocenters. The molecule has 0 bridgehead atoms. The predicted octanol–water partition coefficient (Wildman–Crippen LogP) is 12.7. The summed E-state index contributed by atoms with van der Waals surface area (Å²) in [7, 11) is -1.32. The van der Waals surface area contributed by atoms with Gasteiger partial charge in [-0.15, -0.1) is 0 Å². The monoisotopic (exact) mass is 1560 g/mol. The highest BCUT2D eigenvalue weighted by Crippen LogP contribution is 2.09. The van der Waals surface area contributed by atoms with Crippen LogP contribution in [0.25, 0.3) is 0 Å². The van der Waals surface area contributed by atoms with Gasteiger partial charge in [-0.25, -0.2) is 18.0 Å². The number of methoxy groups -OCH3 is 1. The first kappa shape index (κ1) is 122. The number of nitrogens with one attached hydrogen (secondary N) is 2. The van der Waals surface area contributed by atoms with Gasteiger partial charge in [0.15, 0.2) is 5.78 Å². The number of alkyl carbamates (subject to hydrolysis) is 2. The standard InChI is InChI=1S/C13H26N2O3.C12H24N2O3.C8H18N2O.C8H14O3.C7H16N2O.C7H15NO.C7H14O.C6H12O2.C6H12O.C5H12O2S/c1-10(2)15(11(3)16)9-7-8-14-12(17)18-13(4,5)6;1-9(2)14(10(3)15)8-7-13-11(16)17-12(4,5)6;1-7(2)10(8(3)11)6-4-5-9;1-6(2)4-8(10)5-11-7(3)9;1-6(2)9(5-4-8)7(3)10;1-5-8(6(2)3)7(4)9;1-4-7(8)5-6(2)3;1-5(2)4-6(7)8-3;1-5(2)4-6(3)7;1-5(2)4-8(3,6)7/h10H,7-9H2,1-6H3,(H,14,17);9H,7-8H2,1-6H3,(H,13,16);7H,4-6,9H2,1-3H3;6H,4-5H2,1-3H3;6H,4-5,8H2,1-3H3;6H,5H2,1-4H3;6H,4-5H2,1-3H3;5H,4H2,1-3H3;5H,4H2,1-3H3;5H,4H2,1-3H3. The van der Waals surface area contributed by atoms with Crippen molar-refractivity contribution in [3.63, 3.8) is 0 Å². The van der Waals surface area contributed by atoms with E-state index in [1.807, 2.05) is 190 Å². The SMILES string of the molecule is CC(=O)CC(C)C.CC(=O)N(CCCN)C(C)C.CC(=O)N(CCCNC(=O)OC(C)(C)C)C(C)C.CC(=O)N(CCN)C(C)C.CC(=O)N(CCNC(=O)OC(C)(C)C)C(C)C.CC(=O)OCC(=O)CC(C)C.CC(C)CS(C)(=O)=O.CCC(=O)CC(C)C.CCN(C(C)=O)C(C)C.COC(=O)CC(C)C. The number of hydrogen-bond donors (Lipinski definition) is 4. The summed E-state index contributed by atoms with van der Waals surface area (Å²) in [5.74, 6) is 2.92. The van der Waals surface area contributed by atoms with E-state index in [0.717, 1.165) is 38.8 Å². The number of nitrogens with two attached hydrogens (primary N) is 2. The van der Waals surface area contributed by atoms with Gasteiger partial charge in [-0.3, -0.25) is 43.2 Å². The number of carbonyl (C=O) groups excluding carboxylic acids is 12. The Morgan fingerprint density at radius 1 is 0.411 bits per heavy atom. The Labute approximate surface area is 652 Å². The number of carbonyl (C=O) groups is 12. The zero-order valence-electron chi connectivity index (χ0n) is 74.6. The van der Waals surface area contributed by atoms with Crippen LogP contribution in [-0.2, 0) is 76.7 Å². The predicted molar refractivity (Wildman–Crippen MR) is 436 cm³/mol. The zero-order chi connectivity index (χ0) is 87.1. The van der Waals surface area contributed by atoms with Gasteiger partial charge in [0.1, 0.15) is 39.2 Å². The average molecular weight is 1560 g/mol. The number of esters is 2. The molecule has 0 heterocycles. The minimum atomic E-state index is -2.72. The number of Topliss-reactive ketones (excluding diaryl/α,β-unsaturated/α-hetero) is 3.